The number of amides is 1. The van der Waals surface area contributed by atoms with Gasteiger partial charge in [-0.2, -0.15) is 0 Å². The maximum atomic E-state index is 14.0. The van der Waals surface area contributed by atoms with Crippen LogP contribution in [0.15, 0.2) is 52.1 Å². The average Bonchev–Trinajstić information content (AvgIpc) is 3.23. The van der Waals surface area contributed by atoms with Gasteiger partial charge in [0.1, 0.15) is 10.6 Å². The highest BCUT2D eigenvalue weighted by Gasteiger charge is 2.28. The Morgan fingerprint density at radius 1 is 1.11 bits per heavy atom. The van der Waals surface area contributed by atoms with Gasteiger partial charge in [0.05, 0.1) is 31.3 Å². The van der Waals surface area contributed by atoms with Crippen molar-refractivity contribution in [2.45, 2.75) is 40.3 Å². The van der Waals surface area contributed by atoms with Crippen molar-refractivity contribution in [3.05, 3.63) is 90.4 Å². The Morgan fingerprint density at radius 2 is 1.89 bits per heavy atom. The molecule has 35 heavy (non-hydrogen) atoms. The highest BCUT2D eigenvalue weighted by Crippen LogP contribution is 2.34. The zero-order chi connectivity index (χ0) is 24.9. The van der Waals surface area contributed by atoms with Gasteiger partial charge in [-0.05, 0) is 49.1 Å². The van der Waals surface area contributed by atoms with Gasteiger partial charge < -0.3 is 9.64 Å². The molecule has 0 fully saturated rings. The lowest BCUT2D eigenvalue weighted by Crippen LogP contribution is -2.39. The smallest absolute Gasteiger partial charge is 0.337 e. The number of nitrogens with zero attached hydrogens (tertiary/aromatic N) is 3. The molecule has 0 radical (unpaired) electrons. The number of carbonyl (C=O) groups is 1. The number of methoxy groups -OCH3 is 1. The van der Waals surface area contributed by atoms with Crippen LogP contribution in [0.1, 0.15) is 34.1 Å². The minimum atomic E-state index is -0.407. The maximum Gasteiger partial charge on any atom is 0.337 e. The van der Waals surface area contributed by atoms with Crippen LogP contribution >= 0.6 is 11.3 Å². The lowest BCUT2D eigenvalue weighted by Gasteiger charge is -2.25. The first-order chi connectivity index (χ1) is 16.8. The van der Waals surface area contributed by atoms with Crippen LogP contribution in [0.2, 0.25) is 0 Å². The molecule has 3 heterocycles. The summed E-state index contributed by atoms with van der Waals surface area (Å²) in [6.07, 6.45) is 0.581. The Kier molecular flexibility index (Phi) is 5.84. The van der Waals surface area contributed by atoms with Crippen LogP contribution in [0.25, 0.3) is 15.9 Å². The van der Waals surface area contributed by atoms with E-state index >= 15 is 0 Å². The number of aryl methyl sites for hydroxylation is 2. The van der Waals surface area contributed by atoms with Crippen molar-refractivity contribution in [3.63, 3.8) is 0 Å². The molecule has 1 aliphatic rings. The first-order valence-corrected chi connectivity index (χ1v) is 12.4. The molecule has 8 heteroatoms. The Balaban J connectivity index is 1.83. The largest absolute Gasteiger partial charge is 0.495 e. The summed E-state index contributed by atoms with van der Waals surface area (Å²) < 4.78 is 8.43. The molecule has 1 aliphatic heterocycles. The van der Waals surface area contributed by atoms with Crippen LogP contribution in [0.5, 0.6) is 5.75 Å². The Bertz CT molecular complexity index is 1590. The van der Waals surface area contributed by atoms with E-state index in [1.807, 2.05) is 32.0 Å². The molecule has 0 saturated heterocycles. The summed E-state index contributed by atoms with van der Waals surface area (Å²) in [7, 11) is 1.53. The molecule has 180 valence electrons. The van der Waals surface area contributed by atoms with Gasteiger partial charge in [-0.3, -0.25) is 14.2 Å². The molecule has 0 bridgehead atoms. The Morgan fingerprint density at radius 3 is 2.63 bits per heavy atom. The summed E-state index contributed by atoms with van der Waals surface area (Å²) in [5.74, 6) is 0.462. The maximum absolute atomic E-state index is 14.0. The molecule has 0 atom stereocenters. The number of hydrogen-bond acceptors (Lipinski definition) is 5. The summed E-state index contributed by atoms with van der Waals surface area (Å²) in [4.78, 5) is 43.3. The molecule has 0 unspecified atom stereocenters. The van der Waals surface area contributed by atoms with Gasteiger partial charge in [0.2, 0.25) is 5.91 Å². The molecule has 7 nitrogen and oxygen atoms in total. The average molecular weight is 490 g/mol. The minimum Gasteiger partial charge on any atom is -0.495 e. The molecular weight excluding hydrogens is 462 g/mol. The molecule has 0 saturated carbocycles. The third kappa shape index (κ3) is 3.87. The van der Waals surface area contributed by atoms with E-state index in [2.05, 4.69) is 6.07 Å². The monoisotopic (exact) mass is 489 g/mol. The van der Waals surface area contributed by atoms with E-state index in [1.165, 1.54) is 23.0 Å². The zero-order valence-electron chi connectivity index (χ0n) is 20.3. The van der Waals surface area contributed by atoms with E-state index < -0.39 is 5.69 Å². The number of aromatic nitrogens is 2. The van der Waals surface area contributed by atoms with Crippen molar-refractivity contribution in [3.8, 4) is 11.4 Å². The normalized spacial score (nSPS) is 13.2. The minimum absolute atomic E-state index is 0.00677. The second-order valence-corrected chi connectivity index (χ2v) is 10.1. The predicted molar refractivity (Wildman–Crippen MR) is 138 cm³/mol. The lowest BCUT2D eigenvalue weighted by molar-refractivity contribution is -0.129. The molecule has 0 spiro atoms. The number of benzene rings is 2. The summed E-state index contributed by atoms with van der Waals surface area (Å²) >= 11 is 1.44. The van der Waals surface area contributed by atoms with E-state index in [0.717, 1.165) is 27.1 Å². The van der Waals surface area contributed by atoms with Crippen molar-refractivity contribution < 1.29 is 9.53 Å². The van der Waals surface area contributed by atoms with E-state index in [-0.39, 0.29) is 11.5 Å². The van der Waals surface area contributed by atoms with Gasteiger partial charge in [-0.25, -0.2) is 9.36 Å². The van der Waals surface area contributed by atoms with Gasteiger partial charge in [0.25, 0.3) is 5.56 Å². The Labute approximate surface area is 206 Å². The number of hydrogen-bond donors (Lipinski definition) is 0. The van der Waals surface area contributed by atoms with E-state index in [1.54, 1.807) is 34.6 Å². The summed E-state index contributed by atoms with van der Waals surface area (Å²) in [6.45, 7) is 6.96. The summed E-state index contributed by atoms with van der Waals surface area (Å²) in [5, 5.41) is 0.559. The third-order valence-electron chi connectivity index (χ3n) is 6.73. The molecule has 0 N–H and O–H groups in total. The van der Waals surface area contributed by atoms with Crippen LogP contribution < -0.4 is 16.0 Å². The van der Waals surface area contributed by atoms with Crippen LogP contribution in [0.3, 0.4) is 0 Å². The fourth-order valence-corrected chi connectivity index (χ4v) is 6.13. The number of ether oxygens (including phenoxy) is 1. The predicted octanol–water partition coefficient (Wildman–Crippen LogP) is 3.79. The van der Waals surface area contributed by atoms with E-state index in [9.17, 15) is 14.4 Å². The van der Waals surface area contributed by atoms with Crippen molar-refractivity contribution in [1.82, 2.24) is 14.0 Å². The number of fused-ring (bicyclic) bond motifs is 3. The summed E-state index contributed by atoms with van der Waals surface area (Å²) in [5.41, 5.74) is 3.81. The highest BCUT2D eigenvalue weighted by atomic mass is 32.1. The number of rotatable bonds is 4. The van der Waals surface area contributed by atoms with Crippen molar-refractivity contribution in [2.75, 3.05) is 13.7 Å². The van der Waals surface area contributed by atoms with Crippen molar-refractivity contribution in [2.24, 2.45) is 0 Å². The van der Waals surface area contributed by atoms with Gasteiger partial charge in [-0.1, -0.05) is 35.9 Å². The molecule has 2 aromatic carbocycles. The topological polar surface area (TPSA) is 73.5 Å². The number of para-hydroxylation sites is 2. The molecule has 4 aromatic rings. The fraction of sp³-hybridized carbons (Fsp3) is 0.296. The number of thiophene rings is 1. The quantitative estimate of drug-likeness (QED) is 0.437. The van der Waals surface area contributed by atoms with Crippen LogP contribution in [-0.2, 0) is 24.3 Å². The summed E-state index contributed by atoms with van der Waals surface area (Å²) in [6, 6.07) is 13.2. The van der Waals surface area contributed by atoms with E-state index in [4.69, 9.17) is 4.74 Å². The third-order valence-corrected chi connectivity index (χ3v) is 7.97. The standard InChI is InChI=1S/C27H27N3O4S/c1-16-9-10-17(2)19(13-16)14-29-26-24(20-11-12-28(18(3)31)15-23(20)35-26)25(32)30(27(29)33)21-7-5-6-8-22(21)34-4/h5-10,13H,11-12,14-15H2,1-4H3. The van der Waals surface area contributed by atoms with Crippen molar-refractivity contribution >= 4 is 27.5 Å². The first-order valence-electron chi connectivity index (χ1n) is 11.5. The van der Waals surface area contributed by atoms with Crippen molar-refractivity contribution in [1.29, 1.82) is 0 Å². The molecule has 2 aromatic heterocycles. The molecule has 0 aliphatic carbocycles. The molecular formula is C27H27N3O4S. The fourth-order valence-electron chi connectivity index (χ4n) is 4.78. The highest BCUT2D eigenvalue weighted by molar-refractivity contribution is 7.18. The second-order valence-electron chi connectivity index (χ2n) is 8.99. The van der Waals surface area contributed by atoms with Crippen LogP contribution in [0.4, 0.5) is 0 Å². The van der Waals surface area contributed by atoms with Crippen LogP contribution in [0, 0.1) is 13.8 Å². The van der Waals surface area contributed by atoms with Gasteiger partial charge >= 0.3 is 5.69 Å². The molecule has 1 amide bonds. The number of carbonyl (C=O) groups excluding carboxylic acids is 1. The molecule has 5 rings (SSSR count). The first kappa shape index (κ1) is 23.1. The SMILES string of the molecule is COc1ccccc1-n1c(=O)c2c3c(sc2n(Cc2cc(C)ccc2C)c1=O)CN(C(C)=O)CC3. The van der Waals surface area contributed by atoms with Crippen LogP contribution in [-0.4, -0.2) is 33.6 Å². The van der Waals surface area contributed by atoms with E-state index in [0.29, 0.717) is 47.7 Å². The van der Waals surface area contributed by atoms with Gasteiger partial charge in [0.15, 0.2) is 0 Å². The zero-order valence-corrected chi connectivity index (χ0v) is 21.1. The van der Waals surface area contributed by atoms with Gasteiger partial charge in [0, 0.05) is 18.3 Å². The second kappa shape index (κ2) is 8.85. The van der Waals surface area contributed by atoms with Gasteiger partial charge in [-0.15, -0.1) is 11.3 Å². The Hall–Kier alpha value is -3.65. The lowest BCUT2D eigenvalue weighted by atomic mass is 10.0.